The summed E-state index contributed by atoms with van der Waals surface area (Å²) in [6.07, 6.45) is 2.76. The molecule has 1 fully saturated rings. The van der Waals surface area contributed by atoms with E-state index in [1.807, 2.05) is 6.92 Å². The average Bonchev–Trinajstić information content (AvgIpc) is 2.26. The summed E-state index contributed by atoms with van der Waals surface area (Å²) in [6.45, 7) is 1.26. The zero-order valence-electron chi connectivity index (χ0n) is 10.3. The number of carbonyl (C=O) groups is 3. The highest BCUT2D eigenvalue weighted by Gasteiger charge is 2.29. The number of carboxylic acids is 2. The van der Waals surface area contributed by atoms with Crippen LogP contribution in [0.3, 0.4) is 0 Å². The van der Waals surface area contributed by atoms with Crippen LogP contribution in [0.1, 0.15) is 26.2 Å². The minimum atomic E-state index is -1.21. The first-order chi connectivity index (χ1) is 8.41. The molecule has 1 atom stereocenters. The molecule has 2 amide bonds. The van der Waals surface area contributed by atoms with Gasteiger partial charge in [0.25, 0.3) is 0 Å². The average molecular weight is 258 g/mol. The van der Waals surface area contributed by atoms with E-state index in [1.165, 1.54) is 0 Å². The summed E-state index contributed by atoms with van der Waals surface area (Å²) in [5.74, 6) is -2.43. The van der Waals surface area contributed by atoms with Crippen LogP contribution in [0, 0.1) is 0 Å². The minimum absolute atomic E-state index is 0.0244. The summed E-state index contributed by atoms with van der Waals surface area (Å²) in [5, 5.41) is 17.4. The normalized spacial score (nSPS) is 19.4. The second-order valence-electron chi connectivity index (χ2n) is 4.46. The topological polar surface area (TPSA) is 98.2 Å². The molecule has 1 aliphatic rings. The van der Waals surface area contributed by atoms with Crippen LogP contribution in [0.4, 0.5) is 4.79 Å². The maximum atomic E-state index is 12.1. The van der Waals surface area contributed by atoms with Crippen molar-refractivity contribution in [2.45, 2.75) is 32.2 Å². The largest absolute Gasteiger partial charge is 0.480 e. The SMILES string of the molecule is CC1CCCCN1C(=O)N(CC(=O)O)CC(=O)O. The molecule has 0 aromatic heterocycles. The van der Waals surface area contributed by atoms with Crippen LogP contribution < -0.4 is 0 Å². The lowest BCUT2D eigenvalue weighted by Crippen LogP contribution is -2.51. The third-order valence-corrected chi connectivity index (χ3v) is 2.97. The van der Waals surface area contributed by atoms with Crippen LogP contribution in [-0.4, -0.2) is 63.7 Å². The molecule has 0 radical (unpaired) electrons. The Balaban J connectivity index is 2.73. The van der Waals surface area contributed by atoms with Crippen molar-refractivity contribution in [3.05, 3.63) is 0 Å². The van der Waals surface area contributed by atoms with Crippen LogP contribution >= 0.6 is 0 Å². The fraction of sp³-hybridized carbons (Fsp3) is 0.727. The minimum Gasteiger partial charge on any atom is -0.480 e. The smallest absolute Gasteiger partial charge is 0.323 e. The first-order valence-electron chi connectivity index (χ1n) is 5.91. The van der Waals surface area contributed by atoms with Crippen LogP contribution in [0.25, 0.3) is 0 Å². The number of aliphatic carboxylic acids is 2. The third-order valence-electron chi connectivity index (χ3n) is 2.97. The Kier molecular flexibility index (Phi) is 4.94. The molecule has 18 heavy (non-hydrogen) atoms. The Labute approximate surface area is 105 Å². The Morgan fingerprint density at radius 3 is 2.17 bits per heavy atom. The van der Waals surface area contributed by atoms with E-state index in [0.717, 1.165) is 24.2 Å². The van der Waals surface area contributed by atoms with Gasteiger partial charge in [-0.05, 0) is 26.2 Å². The van der Waals surface area contributed by atoms with E-state index >= 15 is 0 Å². The van der Waals surface area contributed by atoms with Gasteiger partial charge in [0.15, 0.2) is 0 Å². The van der Waals surface area contributed by atoms with Crippen LogP contribution in [0.15, 0.2) is 0 Å². The van der Waals surface area contributed by atoms with E-state index in [0.29, 0.717) is 6.54 Å². The van der Waals surface area contributed by atoms with E-state index in [9.17, 15) is 14.4 Å². The number of hydrogen-bond acceptors (Lipinski definition) is 3. The van der Waals surface area contributed by atoms with Crippen molar-refractivity contribution in [3.8, 4) is 0 Å². The Hall–Kier alpha value is -1.79. The molecular formula is C11H18N2O5. The van der Waals surface area contributed by atoms with Crippen molar-refractivity contribution < 1.29 is 24.6 Å². The number of urea groups is 1. The lowest BCUT2D eigenvalue weighted by Gasteiger charge is -2.36. The van der Waals surface area contributed by atoms with Gasteiger partial charge >= 0.3 is 18.0 Å². The molecule has 1 saturated heterocycles. The van der Waals surface area contributed by atoms with Gasteiger partial charge in [-0.15, -0.1) is 0 Å². The summed E-state index contributed by atoms with van der Waals surface area (Å²) in [5.41, 5.74) is 0. The van der Waals surface area contributed by atoms with Gasteiger partial charge in [-0.1, -0.05) is 0 Å². The van der Waals surface area contributed by atoms with Gasteiger partial charge in [0.1, 0.15) is 13.1 Å². The molecule has 0 spiro atoms. The monoisotopic (exact) mass is 258 g/mol. The molecule has 0 bridgehead atoms. The summed E-state index contributed by atoms with van der Waals surface area (Å²) in [7, 11) is 0. The molecule has 0 aliphatic carbocycles. The number of rotatable bonds is 4. The molecule has 1 unspecified atom stereocenters. The van der Waals surface area contributed by atoms with E-state index in [1.54, 1.807) is 4.90 Å². The highest BCUT2D eigenvalue weighted by atomic mass is 16.4. The number of hydrogen-bond donors (Lipinski definition) is 2. The van der Waals surface area contributed by atoms with E-state index in [-0.39, 0.29) is 6.04 Å². The van der Waals surface area contributed by atoms with Crippen LogP contribution in [-0.2, 0) is 9.59 Å². The zero-order valence-corrected chi connectivity index (χ0v) is 10.3. The van der Waals surface area contributed by atoms with Gasteiger partial charge in [-0.25, -0.2) is 4.79 Å². The van der Waals surface area contributed by atoms with Crippen molar-refractivity contribution in [1.82, 2.24) is 9.80 Å². The lowest BCUT2D eigenvalue weighted by atomic mass is 10.0. The van der Waals surface area contributed by atoms with E-state index < -0.39 is 31.1 Å². The molecule has 1 aliphatic heterocycles. The first kappa shape index (κ1) is 14.3. The summed E-state index contributed by atoms with van der Waals surface area (Å²) in [4.78, 5) is 35.8. The predicted octanol–water partition coefficient (Wildman–Crippen LogP) is 0.452. The Morgan fingerprint density at radius 1 is 1.17 bits per heavy atom. The number of likely N-dealkylation sites (tertiary alicyclic amines) is 1. The molecule has 7 nitrogen and oxygen atoms in total. The van der Waals surface area contributed by atoms with Gasteiger partial charge in [-0.3, -0.25) is 9.59 Å². The molecule has 0 aromatic rings. The molecule has 1 heterocycles. The first-order valence-corrected chi connectivity index (χ1v) is 5.91. The number of carboxylic acid groups (broad SMARTS) is 2. The van der Waals surface area contributed by atoms with Gasteiger partial charge in [-0.2, -0.15) is 0 Å². The van der Waals surface area contributed by atoms with Crippen LogP contribution in [0.5, 0.6) is 0 Å². The van der Waals surface area contributed by atoms with Crippen molar-refractivity contribution in [1.29, 1.82) is 0 Å². The quantitative estimate of drug-likeness (QED) is 0.763. The molecule has 0 saturated carbocycles. The number of amides is 2. The molecule has 7 heteroatoms. The van der Waals surface area contributed by atoms with Crippen molar-refractivity contribution >= 4 is 18.0 Å². The highest BCUT2D eigenvalue weighted by molar-refractivity contribution is 5.84. The lowest BCUT2D eigenvalue weighted by molar-refractivity contribution is -0.140. The van der Waals surface area contributed by atoms with Crippen molar-refractivity contribution in [3.63, 3.8) is 0 Å². The molecule has 2 N–H and O–H groups in total. The second kappa shape index (κ2) is 6.23. The zero-order chi connectivity index (χ0) is 13.7. The molecule has 102 valence electrons. The van der Waals surface area contributed by atoms with Crippen LogP contribution in [0.2, 0.25) is 0 Å². The number of nitrogens with zero attached hydrogens (tertiary/aromatic N) is 2. The summed E-state index contributed by atoms with van der Waals surface area (Å²) in [6, 6.07) is -0.483. The summed E-state index contributed by atoms with van der Waals surface area (Å²) >= 11 is 0. The fourth-order valence-electron chi connectivity index (χ4n) is 2.08. The van der Waals surface area contributed by atoms with Crippen molar-refractivity contribution in [2.75, 3.05) is 19.6 Å². The Bertz CT molecular complexity index is 328. The summed E-state index contributed by atoms with van der Waals surface area (Å²) < 4.78 is 0. The predicted molar refractivity (Wildman–Crippen MR) is 62.3 cm³/mol. The third kappa shape index (κ3) is 3.90. The number of piperidine rings is 1. The van der Waals surface area contributed by atoms with E-state index in [2.05, 4.69) is 0 Å². The second-order valence-corrected chi connectivity index (χ2v) is 4.46. The number of carbonyl (C=O) groups excluding carboxylic acids is 1. The molecule has 0 aromatic carbocycles. The maximum absolute atomic E-state index is 12.1. The van der Waals surface area contributed by atoms with E-state index in [4.69, 9.17) is 10.2 Å². The highest BCUT2D eigenvalue weighted by Crippen LogP contribution is 2.18. The molecule has 1 rings (SSSR count). The van der Waals surface area contributed by atoms with Gasteiger partial charge in [0.05, 0.1) is 0 Å². The Morgan fingerprint density at radius 2 is 1.72 bits per heavy atom. The standard InChI is InChI=1S/C11H18N2O5/c1-8-4-2-3-5-13(8)11(18)12(6-9(14)15)7-10(16)17/h8H,2-7H2,1H3,(H,14,15)(H,16,17). The van der Waals surface area contributed by atoms with Gasteiger partial charge < -0.3 is 20.0 Å². The van der Waals surface area contributed by atoms with Crippen molar-refractivity contribution in [2.24, 2.45) is 0 Å². The molecular weight excluding hydrogens is 240 g/mol. The van der Waals surface area contributed by atoms with Gasteiger partial charge in [0.2, 0.25) is 0 Å². The maximum Gasteiger partial charge on any atom is 0.323 e. The van der Waals surface area contributed by atoms with Gasteiger partial charge in [0, 0.05) is 12.6 Å². The fourth-order valence-corrected chi connectivity index (χ4v) is 2.08.